The van der Waals surface area contributed by atoms with Gasteiger partial charge in [-0.3, -0.25) is 14.7 Å². The number of pyridine rings is 1. The number of aromatic nitrogens is 3. The van der Waals surface area contributed by atoms with Crippen molar-refractivity contribution in [2.45, 2.75) is 25.9 Å². The van der Waals surface area contributed by atoms with Gasteiger partial charge in [0.2, 0.25) is 17.6 Å². The van der Waals surface area contributed by atoms with Crippen LogP contribution in [0.3, 0.4) is 0 Å². The molecule has 1 unspecified atom stereocenters. The van der Waals surface area contributed by atoms with Crippen LogP contribution in [0.1, 0.15) is 24.4 Å². The van der Waals surface area contributed by atoms with E-state index in [0.717, 1.165) is 38.2 Å². The lowest BCUT2D eigenvalue weighted by Gasteiger charge is -2.23. The number of rotatable bonds is 5. The van der Waals surface area contributed by atoms with Crippen molar-refractivity contribution in [3.05, 3.63) is 54.4 Å². The minimum atomic E-state index is -0.293. The summed E-state index contributed by atoms with van der Waals surface area (Å²) in [5.74, 6) is 1.82. The highest BCUT2D eigenvalue weighted by Crippen LogP contribution is 2.41. The van der Waals surface area contributed by atoms with Crippen LogP contribution < -0.4 is 0 Å². The predicted octanol–water partition coefficient (Wildman–Crippen LogP) is 2.35. The van der Waals surface area contributed by atoms with Gasteiger partial charge in [-0.2, -0.15) is 4.98 Å². The molecular formula is C20H21N5O3. The Morgan fingerprint density at radius 1 is 1.11 bits per heavy atom. The van der Waals surface area contributed by atoms with Gasteiger partial charge in [-0.25, -0.2) is 0 Å². The molecule has 0 aromatic carbocycles. The van der Waals surface area contributed by atoms with E-state index in [9.17, 15) is 4.79 Å². The Labute approximate surface area is 162 Å². The summed E-state index contributed by atoms with van der Waals surface area (Å²) in [6, 6.07) is 9.40. The Morgan fingerprint density at radius 3 is 2.86 bits per heavy atom. The minimum Gasteiger partial charge on any atom is -0.461 e. The van der Waals surface area contributed by atoms with Crippen molar-refractivity contribution in [1.82, 2.24) is 24.9 Å². The zero-order valence-corrected chi connectivity index (χ0v) is 15.5. The van der Waals surface area contributed by atoms with Crippen molar-refractivity contribution in [2.24, 2.45) is 5.41 Å². The van der Waals surface area contributed by atoms with E-state index in [1.807, 2.05) is 23.1 Å². The van der Waals surface area contributed by atoms with Crippen LogP contribution in [0.15, 0.2) is 51.7 Å². The number of nitrogens with zero attached hydrogens (tertiary/aromatic N) is 5. The van der Waals surface area contributed by atoms with Crippen molar-refractivity contribution < 1.29 is 13.7 Å². The molecule has 5 rings (SSSR count). The molecule has 3 aromatic rings. The zero-order valence-electron chi connectivity index (χ0n) is 15.5. The van der Waals surface area contributed by atoms with E-state index in [2.05, 4.69) is 20.0 Å². The number of carbonyl (C=O) groups excluding carboxylic acids is 1. The van der Waals surface area contributed by atoms with Crippen molar-refractivity contribution in [1.29, 1.82) is 0 Å². The van der Waals surface area contributed by atoms with E-state index >= 15 is 0 Å². The molecule has 1 amide bonds. The Morgan fingerprint density at radius 2 is 2.04 bits per heavy atom. The van der Waals surface area contributed by atoms with Gasteiger partial charge in [0.25, 0.3) is 0 Å². The number of likely N-dealkylation sites (tertiary alicyclic amines) is 2. The summed E-state index contributed by atoms with van der Waals surface area (Å²) in [7, 11) is 0. The number of furan rings is 1. The fourth-order valence-electron chi connectivity index (χ4n) is 4.22. The molecule has 144 valence electrons. The minimum absolute atomic E-state index is 0.238. The average Bonchev–Trinajstić information content (AvgIpc) is 3.49. The van der Waals surface area contributed by atoms with E-state index in [-0.39, 0.29) is 11.3 Å². The molecule has 2 fully saturated rings. The van der Waals surface area contributed by atoms with Crippen LogP contribution in [0.5, 0.6) is 0 Å². The van der Waals surface area contributed by atoms with E-state index in [4.69, 9.17) is 8.94 Å². The predicted molar refractivity (Wildman–Crippen MR) is 98.6 cm³/mol. The van der Waals surface area contributed by atoms with Crippen LogP contribution in [0.25, 0.3) is 11.6 Å². The average molecular weight is 379 g/mol. The molecule has 8 nitrogen and oxygen atoms in total. The summed E-state index contributed by atoms with van der Waals surface area (Å²) in [4.78, 5) is 26.0. The highest BCUT2D eigenvalue weighted by Gasteiger charge is 2.50. The molecule has 0 bridgehead atoms. The number of hydrogen-bond acceptors (Lipinski definition) is 7. The molecule has 28 heavy (non-hydrogen) atoms. The van der Waals surface area contributed by atoms with Gasteiger partial charge in [0.05, 0.1) is 30.5 Å². The quantitative estimate of drug-likeness (QED) is 0.672. The topological polar surface area (TPSA) is 88.5 Å². The summed E-state index contributed by atoms with van der Waals surface area (Å²) in [6.45, 7) is 3.48. The smallest absolute Gasteiger partial charge is 0.241 e. The molecule has 1 atom stereocenters. The fourth-order valence-corrected chi connectivity index (χ4v) is 4.22. The third-order valence-corrected chi connectivity index (χ3v) is 5.68. The van der Waals surface area contributed by atoms with Gasteiger partial charge in [0, 0.05) is 19.3 Å². The highest BCUT2D eigenvalue weighted by molar-refractivity contribution is 5.85. The second-order valence-electron chi connectivity index (χ2n) is 7.53. The maximum Gasteiger partial charge on any atom is 0.241 e. The van der Waals surface area contributed by atoms with E-state index < -0.39 is 0 Å². The molecule has 2 aliphatic heterocycles. The van der Waals surface area contributed by atoms with Crippen LogP contribution in [0.2, 0.25) is 0 Å². The molecule has 2 saturated heterocycles. The van der Waals surface area contributed by atoms with E-state index in [0.29, 0.717) is 30.6 Å². The third kappa shape index (κ3) is 3.09. The molecule has 0 radical (unpaired) electrons. The van der Waals surface area contributed by atoms with Gasteiger partial charge in [0.1, 0.15) is 0 Å². The lowest BCUT2D eigenvalue weighted by atomic mass is 9.85. The fraction of sp³-hybridized carbons (Fsp3) is 0.400. The second-order valence-corrected chi connectivity index (χ2v) is 7.53. The van der Waals surface area contributed by atoms with Gasteiger partial charge in [0.15, 0.2) is 5.76 Å². The molecule has 2 aliphatic rings. The summed E-state index contributed by atoms with van der Waals surface area (Å²) in [5.41, 5.74) is 0.637. The molecule has 5 heterocycles. The normalized spacial score (nSPS) is 22.6. The van der Waals surface area contributed by atoms with E-state index in [1.54, 1.807) is 24.6 Å². The SMILES string of the molecule is O=C1N(Cc2ccccn2)CCC12CCN(Cc1nc(-c3ccco3)no1)C2. The van der Waals surface area contributed by atoms with Gasteiger partial charge in [-0.15, -0.1) is 0 Å². The summed E-state index contributed by atoms with van der Waals surface area (Å²) in [6.07, 6.45) is 5.10. The Balaban J connectivity index is 1.23. The lowest BCUT2D eigenvalue weighted by molar-refractivity contribution is -0.136. The number of carbonyl (C=O) groups is 1. The molecule has 1 spiro atoms. The maximum atomic E-state index is 13.1. The van der Waals surface area contributed by atoms with Crippen LogP contribution in [0.4, 0.5) is 0 Å². The standard InChI is InChI=1S/C20H21N5O3/c26-19-20(7-10-25(19)12-15-4-1-2-8-21-15)6-9-24(14-20)13-17-22-18(23-28-17)16-5-3-11-27-16/h1-5,8,11H,6-7,9-10,12-14H2. The third-order valence-electron chi connectivity index (χ3n) is 5.68. The van der Waals surface area contributed by atoms with Crippen LogP contribution in [0, 0.1) is 5.41 Å². The van der Waals surface area contributed by atoms with Gasteiger partial charge >= 0.3 is 0 Å². The van der Waals surface area contributed by atoms with Crippen molar-refractivity contribution in [3.8, 4) is 11.6 Å². The molecule has 0 aliphatic carbocycles. The van der Waals surface area contributed by atoms with Crippen LogP contribution in [-0.2, 0) is 17.9 Å². The first-order valence-electron chi connectivity index (χ1n) is 9.50. The van der Waals surface area contributed by atoms with Gasteiger partial charge in [-0.05, 0) is 43.7 Å². The molecule has 3 aromatic heterocycles. The Kier molecular flexibility index (Phi) is 4.20. The lowest BCUT2D eigenvalue weighted by Crippen LogP contribution is -2.36. The summed E-state index contributed by atoms with van der Waals surface area (Å²) in [5, 5.41) is 3.97. The first-order chi connectivity index (χ1) is 13.7. The maximum absolute atomic E-state index is 13.1. The van der Waals surface area contributed by atoms with Gasteiger partial charge < -0.3 is 13.8 Å². The largest absolute Gasteiger partial charge is 0.461 e. The number of amides is 1. The van der Waals surface area contributed by atoms with Crippen LogP contribution in [-0.4, -0.2) is 50.5 Å². The van der Waals surface area contributed by atoms with Crippen molar-refractivity contribution >= 4 is 5.91 Å². The summed E-state index contributed by atoms with van der Waals surface area (Å²) >= 11 is 0. The first kappa shape index (κ1) is 17.1. The molecule has 0 saturated carbocycles. The molecule has 8 heteroatoms. The van der Waals surface area contributed by atoms with Crippen molar-refractivity contribution in [2.75, 3.05) is 19.6 Å². The van der Waals surface area contributed by atoms with Crippen LogP contribution >= 0.6 is 0 Å². The second kappa shape index (κ2) is 6.87. The monoisotopic (exact) mass is 379 g/mol. The Hall–Kier alpha value is -3.00. The zero-order chi connectivity index (χ0) is 19.0. The number of hydrogen-bond donors (Lipinski definition) is 0. The summed E-state index contributed by atoms with van der Waals surface area (Å²) < 4.78 is 10.7. The molecule has 0 N–H and O–H groups in total. The highest BCUT2D eigenvalue weighted by atomic mass is 16.5. The van der Waals surface area contributed by atoms with Gasteiger partial charge in [-0.1, -0.05) is 11.2 Å². The first-order valence-corrected chi connectivity index (χ1v) is 9.50. The van der Waals surface area contributed by atoms with Crippen molar-refractivity contribution in [3.63, 3.8) is 0 Å². The Bertz CT molecular complexity index is 955. The van der Waals surface area contributed by atoms with E-state index in [1.165, 1.54) is 0 Å². The molecular weight excluding hydrogens is 358 g/mol.